The number of hydrogen-bond acceptors (Lipinski definition) is 3. The second-order valence-electron chi connectivity index (χ2n) is 4.86. The molecule has 0 unspecified atom stereocenters. The lowest BCUT2D eigenvalue weighted by molar-refractivity contribution is 0.102. The number of carbonyl (C=O) groups is 1. The smallest absolute Gasteiger partial charge is 0.274 e. The molecule has 0 bridgehead atoms. The monoisotopic (exact) mass is 277 g/mol. The van der Waals surface area contributed by atoms with Crippen LogP contribution in [0, 0.1) is 6.92 Å². The van der Waals surface area contributed by atoms with Crippen molar-refractivity contribution < 1.29 is 4.79 Å². The molecule has 2 aromatic carbocycles. The van der Waals surface area contributed by atoms with Gasteiger partial charge in [0.1, 0.15) is 5.69 Å². The highest BCUT2D eigenvalue weighted by atomic mass is 16.1. The summed E-state index contributed by atoms with van der Waals surface area (Å²) in [6.45, 7) is 1.87. The van der Waals surface area contributed by atoms with Gasteiger partial charge in [-0.1, -0.05) is 30.3 Å². The van der Waals surface area contributed by atoms with E-state index in [1.807, 2.05) is 49.4 Å². The van der Waals surface area contributed by atoms with E-state index in [1.165, 1.54) is 0 Å². The second-order valence-corrected chi connectivity index (χ2v) is 4.86. The second kappa shape index (κ2) is 5.25. The maximum atomic E-state index is 12.3. The predicted molar refractivity (Wildman–Crippen MR) is 85.3 cm³/mol. The molecule has 0 aliphatic carbocycles. The predicted octanol–water partition coefficient (Wildman–Crippen LogP) is 3.38. The fraction of sp³-hybridized carbons (Fsp3) is 0.0588. The Kier molecular flexibility index (Phi) is 3.28. The van der Waals surface area contributed by atoms with E-state index < -0.39 is 0 Å². The number of nitrogens with two attached hydrogens (primary N) is 1. The molecule has 4 nitrogen and oxygen atoms in total. The summed E-state index contributed by atoms with van der Waals surface area (Å²) in [6.07, 6.45) is 0. The maximum absolute atomic E-state index is 12.3. The van der Waals surface area contributed by atoms with E-state index in [0.717, 1.165) is 16.5 Å². The summed E-state index contributed by atoms with van der Waals surface area (Å²) in [6, 6.07) is 16.8. The molecular weight excluding hydrogens is 262 g/mol. The van der Waals surface area contributed by atoms with Crippen molar-refractivity contribution >= 4 is 28.2 Å². The van der Waals surface area contributed by atoms with Gasteiger partial charge in [-0.25, -0.2) is 4.98 Å². The van der Waals surface area contributed by atoms with Gasteiger partial charge in [0.05, 0.1) is 5.52 Å². The van der Waals surface area contributed by atoms with Crippen molar-refractivity contribution in [3.8, 4) is 0 Å². The number of hydrogen-bond donors (Lipinski definition) is 2. The first-order chi connectivity index (χ1) is 10.1. The number of nitrogen functional groups attached to an aromatic ring is 1. The van der Waals surface area contributed by atoms with Crippen molar-refractivity contribution in [2.24, 2.45) is 0 Å². The maximum Gasteiger partial charge on any atom is 0.274 e. The highest BCUT2D eigenvalue weighted by Gasteiger charge is 2.10. The minimum Gasteiger partial charge on any atom is -0.398 e. The van der Waals surface area contributed by atoms with Gasteiger partial charge in [-0.15, -0.1) is 0 Å². The van der Waals surface area contributed by atoms with Gasteiger partial charge in [0.25, 0.3) is 5.91 Å². The quantitative estimate of drug-likeness (QED) is 0.706. The Morgan fingerprint density at radius 3 is 2.71 bits per heavy atom. The summed E-state index contributed by atoms with van der Waals surface area (Å²) in [4.78, 5) is 16.7. The molecule has 1 aromatic heterocycles. The third kappa shape index (κ3) is 2.56. The number of nitrogens with one attached hydrogen (secondary N) is 1. The van der Waals surface area contributed by atoms with Crippen molar-refractivity contribution in [2.45, 2.75) is 6.92 Å². The van der Waals surface area contributed by atoms with Crippen LogP contribution in [0.3, 0.4) is 0 Å². The van der Waals surface area contributed by atoms with E-state index in [9.17, 15) is 4.79 Å². The summed E-state index contributed by atoms with van der Waals surface area (Å²) in [5, 5.41) is 3.86. The minimum absolute atomic E-state index is 0.241. The van der Waals surface area contributed by atoms with Gasteiger partial charge in [0.2, 0.25) is 0 Å². The molecule has 0 fully saturated rings. The Morgan fingerprint density at radius 2 is 1.86 bits per heavy atom. The molecule has 0 radical (unpaired) electrons. The molecule has 21 heavy (non-hydrogen) atoms. The number of pyridine rings is 1. The number of para-hydroxylation sites is 1. The average Bonchev–Trinajstić information content (AvgIpc) is 2.51. The average molecular weight is 277 g/mol. The third-order valence-electron chi connectivity index (χ3n) is 3.45. The van der Waals surface area contributed by atoms with Crippen LogP contribution in [0.1, 0.15) is 16.1 Å². The molecule has 0 atom stereocenters. The van der Waals surface area contributed by atoms with E-state index in [0.29, 0.717) is 17.1 Å². The van der Waals surface area contributed by atoms with Crippen LogP contribution in [0.25, 0.3) is 10.9 Å². The van der Waals surface area contributed by atoms with E-state index in [2.05, 4.69) is 10.3 Å². The summed E-state index contributed by atoms with van der Waals surface area (Å²) < 4.78 is 0. The molecule has 3 N–H and O–H groups in total. The lowest BCUT2D eigenvalue weighted by Crippen LogP contribution is -2.14. The number of anilines is 2. The Labute approximate surface area is 122 Å². The summed E-state index contributed by atoms with van der Waals surface area (Å²) in [7, 11) is 0. The van der Waals surface area contributed by atoms with Crippen molar-refractivity contribution in [1.82, 2.24) is 4.98 Å². The molecule has 0 saturated heterocycles. The van der Waals surface area contributed by atoms with Gasteiger partial charge >= 0.3 is 0 Å². The van der Waals surface area contributed by atoms with Crippen molar-refractivity contribution in [3.63, 3.8) is 0 Å². The summed E-state index contributed by atoms with van der Waals surface area (Å²) in [5.74, 6) is -0.241. The van der Waals surface area contributed by atoms with Crippen LogP contribution in [-0.4, -0.2) is 10.9 Å². The van der Waals surface area contributed by atoms with Crippen LogP contribution in [0.4, 0.5) is 11.4 Å². The van der Waals surface area contributed by atoms with Gasteiger partial charge in [-0.3, -0.25) is 4.79 Å². The molecule has 3 rings (SSSR count). The van der Waals surface area contributed by atoms with Crippen LogP contribution in [0.2, 0.25) is 0 Å². The summed E-state index contributed by atoms with van der Waals surface area (Å²) >= 11 is 0. The number of carbonyl (C=O) groups excluding carboxylic acids is 1. The minimum atomic E-state index is -0.241. The highest BCUT2D eigenvalue weighted by Crippen LogP contribution is 2.21. The largest absolute Gasteiger partial charge is 0.398 e. The van der Waals surface area contributed by atoms with E-state index in [1.54, 1.807) is 12.1 Å². The molecule has 1 heterocycles. The number of amides is 1. The van der Waals surface area contributed by atoms with Gasteiger partial charge < -0.3 is 11.1 Å². The van der Waals surface area contributed by atoms with Crippen molar-refractivity contribution in [2.75, 3.05) is 11.1 Å². The number of aromatic nitrogens is 1. The first kappa shape index (κ1) is 13.1. The van der Waals surface area contributed by atoms with Gasteiger partial charge in [-0.2, -0.15) is 0 Å². The fourth-order valence-corrected chi connectivity index (χ4v) is 2.17. The van der Waals surface area contributed by atoms with E-state index in [4.69, 9.17) is 5.73 Å². The summed E-state index contributed by atoms with van der Waals surface area (Å²) in [5.41, 5.74) is 9.24. The molecule has 0 aliphatic heterocycles. The van der Waals surface area contributed by atoms with Gasteiger partial charge in [0, 0.05) is 16.8 Å². The lowest BCUT2D eigenvalue weighted by Gasteiger charge is -2.10. The first-order valence-corrected chi connectivity index (χ1v) is 6.67. The Balaban J connectivity index is 1.91. The van der Waals surface area contributed by atoms with Crippen LogP contribution in [0.15, 0.2) is 54.6 Å². The van der Waals surface area contributed by atoms with Crippen molar-refractivity contribution in [1.29, 1.82) is 0 Å². The zero-order valence-corrected chi connectivity index (χ0v) is 11.6. The topological polar surface area (TPSA) is 68.0 Å². The van der Waals surface area contributed by atoms with Gasteiger partial charge in [-0.05, 0) is 36.8 Å². The fourth-order valence-electron chi connectivity index (χ4n) is 2.17. The highest BCUT2D eigenvalue weighted by molar-refractivity contribution is 6.04. The molecule has 0 saturated carbocycles. The van der Waals surface area contributed by atoms with Crippen LogP contribution >= 0.6 is 0 Å². The first-order valence-electron chi connectivity index (χ1n) is 6.67. The zero-order chi connectivity index (χ0) is 14.8. The van der Waals surface area contributed by atoms with Crippen LogP contribution in [0.5, 0.6) is 0 Å². The molecule has 104 valence electrons. The number of benzene rings is 2. The zero-order valence-electron chi connectivity index (χ0n) is 11.6. The molecule has 0 aliphatic rings. The van der Waals surface area contributed by atoms with Crippen LogP contribution < -0.4 is 11.1 Å². The molecule has 3 aromatic rings. The van der Waals surface area contributed by atoms with E-state index in [-0.39, 0.29) is 5.91 Å². The Morgan fingerprint density at radius 1 is 1.05 bits per heavy atom. The number of rotatable bonds is 2. The molecule has 0 spiro atoms. The molecular formula is C17H15N3O. The third-order valence-corrected chi connectivity index (χ3v) is 3.45. The number of fused-ring (bicyclic) bond motifs is 1. The van der Waals surface area contributed by atoms with E-state index >= 15 is 0 Å². The van der Waals surface area contributed by atoms with Crippen molar-refractivity contribution in [3.05, 3.63) is 65.9 Å². The Hall–Kier alpha value is -2.88. The SMILES string of the molecule is Cc1c(N)cccc1NC(=O)c1ccc2ccccc2n1. The molecule has 1 amide bonds. The molecule has 4 heteroatoms. The Bertz CT molecular complexity index is 827. The lowest BCUT2D eigenvalue weighted by atomic mass is 10.1. The van der Waals surface area contributed by atoms with Gasteiger partial charge in [0.15, 0.2) is 0 Å². The number of nitrogens with zero attached hydrogens (tertiary/aromatic N) is 1. The normalized spacial score (nSPS) is 10.5. The van der Waals surface area contributed by atoms with Crippen LogP contribution in [-0.2, 0) is 0 Å². The standard InChI is InChI=1S/C17H15N3O/c1-11-13(18)6-4-8-14(11)20-17(21)16-10-9-12-5-2-3-7-15(12)19-16/h2-10H,18H2,1H3,(H,20,21).